The summed E-state index contributed by atoms with van der Waals surface area (Å²) < 4.78 is 12.2. The molecular weight excluding hydrogens is 252 g/mol. The van der Waals surface area contributed by atoms with E-state index in [-0.39, 0.29) is 18.6 Å². The summed E-state index contributed by atoms with van der Waals surface area (Å²) in [5.74, 6) is 0. The minimum atomic E-state index is -0.530. The standard InChI is InChI=1S/C12H16N2O5/c1-7-6-14(12(17)13-11(7)16)10-5-9(18-2)8(19-10)3-4-15/h4,6,8-10H,3,5H2,1-2H3,(H,13,16,17). The summed E-state index contributed by atoms with van der Waals surface area (Å²) >= 11 is 0. The van der Waals surface area contributed by atoms with E-state index in [4.69, 9.17) is 9.47 Å². The maximum absolute atomic E-state index is 11.8. The minimum absolute atomic E-state index is 0.214. The molecule has 2 rings (SSSR count). The molecule has 1 fully saturated rings. The van der Waals surface area contributed by atoms with Gasteiger partial charge in [-0.1, -0.05) is 0 Å². The Labute approximate surface area is 109 Å². The number of hydrogen-bond acceptors (Lipinski definition) is 5. The van der Waals surface area contributed by atoms with Crippen LogP contribution < -0.4 is 11.2 Å². The average Bonchev–Trinajstić information content (AvgIpc) is 2.77. The van der Waals surface area contributed by atoms with Crippen molar-refractivity contribution in [2.24, 2.45) is 0 Å². The summed E-state index contributed by atoms with van der Waals surface area (Å²) in [4.78, 5) is 35.9. The molecule has 7 heteroatoms. The molecule has 104 valence electrons. The normalized spacial score (nSPS) is 26.5. The predicted molar refractivity (Wildman–Crippen MR) is 66.1 cm³/mol. The van der Waals surface area contributed by atoms with Crippen molar-refractivity contribution in [3.05, 3.63) is 32.6 Å². The van der Waals surface area contributed by atoms with Gasteiger partial charge in [-0.15, -0.1) is 0 Å². The molecule has 3 unspecified atom stereocenters. The maximum Gasteiger partial charge on any atom is 0.330 e. The second-order valence-corrected chi connectivity index (χ2v) is 4.52. The van der Waals surface area contributed by atoms with Gasteiger partial charge in [-0.25, -0.2) is 4.79 Å². The molecule has 7 nitrogen and oxygen atoms in total. The van der Waals surface area contributed by atoms with Gasteiger partial charge in [0.25, 0.3) is 5.56 Å². The number of rotatable bonds is 4. The van der Waals surface area contributed by atoms with E-state index < -0.39 is 17.5 Å². The van der Waals surface area contributed by atoms with E-state index in [0.717, 1.165) is 6.29 Å². The van der Waals surface area contributed by atoms with Gasteiger partial charge in [0.05, 0.1) is 12.2 Å². The number of hydrogen-bond donors (Lipinski definition) is 1. The number of nitrogens with zero attached hydrogens (tertiary/aromatic N) is 1. The van der Waals surface area contributed by atoms with Crippen molar-refractivity contribution < 1.29 is 14.3 Å². The van der Waals surface area contributed by atoms with E-state index in [1.165, 1.54) is 17.9 Å². The van der Waals surface area contributed by atoms with Crippen LogP contribution >= 0.6 is 0 Å². The molecule has 1 aromatic heterocycles. The number of aromatic nitrogens is 2. The Hall–Kier alpha value is -1.73. The largest absolute Gasteiger partial charge is 0.379 e. The third-order valence-corrected chi connectivity index (χ3v) is 3.27. The van der Waals surface area contributed by atoms with Crippen LogP contribution in [0.2, 0.25) is 0 Å². The lowest BCUT2D eigenvalue weighted by atomic mass is 10.1. The first-order chi connectivity index (χ1) is 9.06. The predicted octanol–water partition coefficient (Wildman–Crippen LogP) is -0.263. The van der Waals surface area contributed by atoms with Gasteiger partial charge in [-0.05, 0) is 6.92 Å². The Balaban J connectivity index is 2.29. The molecular formula is C12H16N2O5. The summed E-state index contributed by atoms with van der Waals surface area (Å²) in [6.45, 7) is 1.61. The highest BCUT2D eigenvalue weighted by Gasteiger charge is 2.36. The van der Waals surface area contributed by atoms with E-state index in [9.17, 15) is 14.4 Å². The highest BCUT2D eigenvalue weighted by Crippen LogP contribution is 2.30. The Morgan fingerprint density at radius 1 is 1.58 bits per heavy atom. The number of aryl methyl sites for hydroxylation is 1. The fourth-order valence-electron chi connectivity index (χ4n) is 2.22. The highest BCUT2D eigenvalue weighted by molar-refractivity contribution is 5.50. The molecule has 1 N–H and O–H groups in total. The third-order valence-electron chi connectivity index (χ3n) is 3.27. The van der Waals surface area contributed by atoms with Crippen LogP contribution in [0.5, 0.6) is 0 Å². The van der Waals surface area contributed by atoms with E-state index in [2.05, 4.69) is 4.98 Å². The molecule has 0 aromatic carbocycles. The second-order valence-electron chi connectivity index (χ2n) is 4.52. The lowest BCUT2D eigenvalue weighted by molar-refractivity contribution is -0.112. The van der Waals surface area contributed by atoms with E-state index in [1.54, 1.807) is 6.92 Å². The van der Waals surface area contributed by atoms with Crippen molar-refractivity contribution >= 4 is 6.29 Å². The first-order valence-electron chi connectivity index (χ1n) is 6.00. The number of aldehydes is 1. The molecule has 19 heavy (non-hydrogen) atoms. The minimum Gasteiger partial charge on any atom is -0.379 e. The Morgan fingerprint density at radius 3 is 2.95 bits per heavy atom. The summed E-state index contributed by atoms with van der Waals surface area (Å²) in [5.41, 5.74) is -0.509. The number of H-pyrrole nitrogens is 1. The van der Waals surface area contributed by atoms with Crippen LogP contribution in [0.3, 0.4) is 0 Å². The summed E-state index contributed by atoms with van der Waals surface area (Å²) in [5, 5.41) is 0. The smallest absolute Gasteiger partial charge is 0.330 e. The van der Waals surface area contributed by atoms with Crippen molar-refractivity contribution in [1.82, 2.24) is 9.55 Å². The van der Waals surface area contributed by atoms with Crippen LogP contribution in [-0.2, 0) is 14.3 Å². The SMILES string of the molecule is COC1CC(n2cc(C)c(=O)[nH]c2=O)OC1CC=O. The van der Waals surface area contributed by atoms with Crippen LogP contribution in [0, 0.1) is 6.92 Å². The zero-order valence-corrected chi connectivity index (χ0v) is 10.8. The third kappa shape index (κ3) is 2.66. The number of nitrogens with one attached hydrogen (secondary N) is 1. The van der Waals surface area contributed by atoms with Crippen LogP contribution in [0.1, 0.15) is 24.6 Å². The summed E-state index contributed by atoms with van der Waals surface area (Å²) in [7, 11) is 1.54. The molecule has 2 heterocycles. The molecule has 0 spiro atoms. The topological polar surface area (TPSA) is 90.4 Å². The van der Waals surface area contributed by atoms with Crippen LogP contribution in [-0.4, -0.2) is 35.2 Å². The van der Waals surface area contributed by atoms with Crippen molar-refractivity contribution in [1.29, 1.82) is 0 Å². The van der Waals surface area contributed by atoms with Crippen molar-refractivity contribution in [2.45, 2.75) is 38.2 Å². The van der Waals surface area contributed by atoms with Gasteiger partial charge in [0.15, 0.2) is 0 Å². The molecule has 1 aromatic rings. The lowest BCUT2D eigenvalue weighted by Crippen LogP contribution is -2.33. The fourth-order valence-corrected chi connectivity index (χ4v) is 2.22. The Kier molecular flexibility index (Phi) is 3.96. The molecule has 0 saturated carbocycles. The molecule has 1 aliphatic heterocycles. The van der Waals surface area contributed by atoms with E-state index >= 15 is 0 Å². The molecule has 1 saturated heterocycles. The number of carbonyl (C=O) groups is 1. The van der Waals surface area contributed by atoms with E-state index in [1.807, 2.05) is 0 Å². The van der Waals surface area contributed by atoms with Gasteiger partial charge >= 0.3 is 5.69 Å². The fraction of sp³-hybridized carbons (Fsp3) is 0.583. The number of aromatic amines is 1. The zero-order valence-electron chi connectivity index (χ0n) is 10.8. The van der Waals surface area contributed by atoms with Gasteiger partial charge in [-0.3, -0.25) is 14.3 Å². The van der Waals surface area contributed by atoms with E-state index in [0.29, 0.717) is 12.0 Å². The average molecular weight is 268 g/mol. The summed E-state index contributed by atoms with van der Waals surface area (Å²) in [6.07, 6.45) is 1.76. The molecule has 0 aliphatic carbocycles. The van der Waals surface area contributed by atoms with Crippen molar-refractivity contribution in [3.63, 3.8) is 0 Å². The van der Waals surface area contributed by atoms with Crippen LogP contribution in [0.25, 0.3) is 0 Å². The zero-order chi connectivity index (χ0) is 14.0. The highest BCUT2D eigenvalue weighted by atomic mass is 16.6. The Morgan fingerprint density at radius 2 is 2.32 bits per heavy atom. The number of ether oxygens (including phenoxy) is 2. The summed E-state index contributed by atoms with van der Waals surface area (Å²) in [6, 6.07) is 0. The second kappa shape index (κ2) is 5.50. The molecule has 0 amide bonds. The van der Waals surface area contributed by atoms with Crippen LogP contribution in [0.4, 0.5) is 0 Å². The van der Waals surface area contributed by atoms with Gasteiger partial charge in [0, 0.05) is 31.7 Å². The van der Waals surface area contributed by atoms with Gasteiger partial charge in [-0.2, -0.15) is 0 Å². The van der Waals surface area contributed by atoms with Crippen molar-refractivity contribution in [3.8, 4) is 0 Å². The van der Waals surface area contributed by atoms with Crippen LogP contribution in [0.15, 0.2) is 15.8 Å². The first-order valence-corrected chi connectivity index (χ1v) is 6.00. The molecule has 1 aliphatic rings. The number of methoxy groups -OCH3 is 1. The lowest BCUT2D eigenvalue weighted by Gasteiger charge is -2.15. The van der Waals surface area contributed by atoms with Gasteiger partial charge in [0.1, 0.15) is 12.5 Å². The molecule has 0 bridgehead atoms. The number of carbonyl (C=O) groups excluding carboxylic acids is 1. The van der Waals surface area contributed by atoms with Gasteiger partial charge in [0.2, 0.25) is 0 Å². The van der Waals surface area contributed by atoms with Crippen molar-refractivity contribution in [2.75, 3.05) is 7.11 Å². The maximum atomic E-state index is 11.8. The molecule has 3 atom stereocenters. The molecule has 0 radical (unpaired) electrons. The first kappa shape index (κ1) is 13.7. The van der Waals surface area contributed by atoms with Gasteiger partial charge < -0.3 is 14.3 Å². The monoisotopic (exact) mass is 268 g/mol. The Bertz CT molecular complexity index is 576. The quantitative estimate of drug-likeness (QED) is 0.759.